The molecule has 0 spiro atoms. The molecular weight excluding hydrogens is 458 g/mol. The van der Waals surface area contributed by atoms with Crippen molar-refractivity contribution < 1.29 is 14.4 Å². The Morgan fingerprint density at radius 2 is 1.71 bits per heavy atom. The number of aromatic nitrogens is 3. The third-order valence-electron chi connectivity index (χ3n) is 5.98. The van der Waals surface area contributed by atoms with E-state index in [1.807, 2.05) is 66.3 Å². The summed E-state index contributed by atoms with van der Waals surface area (Å²) in [6.45, 7) is 2.51. The number of carbonyl (C=O) groups is 1. The molecule has 0 bridgehead atoms. The summed E-state index contributed by atoms with van der Waals surface area (Å²) in [4.78, 5) is 11.5. The van der Waals surface area contributed by atoms with Gasteiger partial charge in [-0.2, -0.15) is 5.10 Å². The van der Waals surface area contributed by atoms with E-state index in [9.17, 15) is 9.90 Å². The molecule has 7 heteroatoms. The number of halogens is 1. The average Bonchev–Trinajstić information content (AvgIpc) is 3.39. The first-order valence-electron chi connectivity index (χ1n) is 10.0. The van der Waals surface area contributed by atoms with Crippen molar-refractivity contribution in [2.24, 2.45) is 0 Å². The van der Waals surface area contributed by atoms with Crippen molar-refractivity contribution in [3.63, 3.8) is 0 Å². The quantitative estimate of drug-likeness (QED) is 0.399. The zero-order valence-electron chi connectivity index (χ0n) is 16.9. The molecule has 0 aliphatic heterocycles. The number of aryl methyl sites for hydroxylation is 1. The van der Waals surface area contributed by atoms with Crippen LogP contribution in [0.25, 0.3) is 22.5 Å². The number of aliphatic carboxylic acids is 1. The lowest BCUT2D eigenvalue weighted by molar-refractivity contribution is -0.140. The van der Waals surface area contributed by atoms with Crippen LogP contribution in [-0.4, -0.2) is 26.0 Å². The van der Waals surface area contributed by atoms with Crippen LogP contribution in [0, 0.1) is 6.92 Å². The topological polar surface area (TPSA) is 81.1 Å². The van der Waals surface area contributed by atoms with E-state index in [1.54, 1.807) is 6.20 Å². The minimum absolute atomic E-state index is 0.574. The number of nitrogens with zero attached hydrogens (tertiary/aromatic N) is 3. The first kappa shape index (κ1) is 19.8. The summed E-state index contributed by atoms with van der Waals surface area (Å²) in [6.07, 6.45) is 5.10. The van der Waals surface area contributed by atoms with Crippen LogP contribution >= 0.6 is 15.9 Å². The van der Waals surface area contributed by atoms with Gasteiger partial charge >= 0.3 is 5.97 Å². The highest BCUT2D eigenvalue weighted by atomic mass is 79.9. The van der Waals surface area contributed by atoms with Crippen molar-refractivity contribution in [2.75, 3.05) is 0 Å². The highest BCUT2D eigenvalue weighted by Gasteiger charge is 2.51. The molecule has 156 valence electrons. The van der Waals surface area contributed by atoms with Gasteiger partial charge in [0.05, 0.1) is 28.3 Å². The van der Waals surface area contributed by atoms with Gasteiger partial charge in [-0.05, 0) is 52.4 Å². The van der Waals surface area contributed by atoms with Crippen LogP contribution in [0.4, 0.5) is 0 Å². The zero-order chi connectivity index (χ0) is 21.6. The Bertz CT molecular complexity index is 1250. The van der Waals surface area contributed by atoms with Crippen LogP contribution < -0.4 is 0 Å². The molecule has 2 aromatic heterocycles. The SMILES string of the molecule is Cc1noc(-c2ccc(-c3ccc(C4(C(=O)O)CC4)cc3)cc2)c1Cn1cc(Br)cn1. The predicted octanol–water partition coefficient (Wildman–Crippen LogP) is 5.44. The van der Waals surface area contributed by atoms with Crippen LogP contribution in [0.1, 0.15) is 29.7 Å². The zero-order valence-corrected chi connectivity index (χ0v) is 18.5. The van der Waals surface area contributed by atoms with E-state index in [-0.39, 0.29) is 0 Å². The molecule has 0 amide bonds. The molecule has 1 aliphatic carbocycles. The highest BCUT2D eigenvalue weighted by Crippen LogP contribution is 2.48. The van der Waals surface area contributed by atoms with Crippen molar-refractivity contribution in [2.45, 2.75) is 31.7 Å². The second-order valence-electron chi connectivity index (χ2n) is 7.97. The van der Waals surface area contributed by atoms with Crippen LogP contribution in [0.15, 0.2) is 69.9 Å². The molecule has 1 N–H and O–H groups in total. The average molecular weight is 478 g/mol. The Labute approximate surface area is 187 Å². The molecule has 0 radical (unpaired) electrons. The third kappa shape index (κ3) is 3.59. The first-order valence-corrected chi connectivity index (χ1v) is 10.8. The van der Waals surface area contributed by atoms with E-state index in [4.69, 9.17) is 4.52 Å². The minimum atomic E-state index is -0.731. The number of hydrogen-bond donors (Lipinski definition) is 1. The molecular formula is C24H20BrN3O3. The van der Waals surface area contributed by atoms with Gasteiger partial charge in [0.15, 0.2) is 5.76 Å². The Balaban J connectivity index is 1.39. The van der Waals surface area contributed by atoms with Crippen molar-refractivity contribution in [3.05, 3.63) is 82.2 Å². The van der Waals surface area contributed by atoms with Crippen molar-refractivity contribution in [1.29, 1.82) is 0 Å². The number of carboxylic acid groups (broad SMARTS) is 1. The summed E-state index contributed by atoms with van der Waals surface area (Å²) in [5.41, 5.74) is 5.10. The van der Waals surface area contributed by atoms with Crippen LogP contribution in [0.3, 0.4) is 0 Å². The number of rotatable bonds is 6. The molecule has 5 rings (SSSR count). The fourth-order valence-electron chi connectivity index (χ4n) is 3.94. The lowest BCUT2D eigenvalue weighted by Crippen LogP contribution is -2.19. The summed E-state index contributed by atoms with van der Waals surface area (Å²) in [7, 11) is 0. The Hall–Kier alpha value is -3.19. The van der Waals surface area contributed by atoms with E-state index in [1.165, 1.54) is 0 Å². The maximum atomic E-state index is 11.5. The Morgan fingerprint density at radius 3 is 2.26 bits per heavy atom. The van der Waals surface area contributed by atoms with Crippen LogP contribution in [0.2, 0.25) is 0 Å². The number of hydrogen-bond acceptors (Lipinski definition) is 4. The number of benzene rings is 2. The van der Waals surface area contributed by atoms with Gasteiger partial charge in [-0.25, -0.2) is 0 Å². The highest BCUT2D eigenvalue weighted by molar-refractivity contribution is 9.10. The Kier molecular flexibility index (Phi) is 4.78. The largest absolute Gasteiger partial charge is 0.481 e. The molecule has 1 fully saturated rings. The van der Waals surface area contributed by atoms with E-state index in [2.05, 4.69) is 26.2 Å². The summed E-state index contributed by atoms with van der Waals surface area (Å²) < 4.78 is 8.40. The van der Waals surface area contributed by atoms with Crippen molar-refractivity contribution in [3.8, 4) is 22.5 Å². The summed E-state index contributed by atoms with van der Waals surface area (Å²) in [5.74, 6) is 0.00776. The van der Waals surface area contributed by atoms with E-state index in [0.717, 1.165) is 43.7 Å². The van der Waals surface area contributed by atoms with Gasteiger partial charge in [0.1, 0.15) is 0 Å². The van der Waals surface area contributed by atoms with E-state index < -0.39 is 11.4 Å². The fraction of sp³-hybridized carbons (Fsp3) is 0.208. The smallest absolute Gasteiger partial charge is 0.314 e. The minimum Gasteiger partial charge on any atom is -0.481 e. The van der Waals surface area contributed by atoms with Gasteiger partial charge in [0.25, 0.3) is 0 Å². The molecule has 0 atom stereocenters. The van der Waals surface area contributed by atoms with E-state index in [0.29, 0.717) is 19.4 Å². The predicted molar refractivity (Wildman–Crippen MR) is 120 cm³/mol. The molecule has 4 aromatic rings. The van der Waals surface area contributed by atoms with Crippen LogP contribution in [0.5, 0.6) is 0 Å². The summed E-state index contributed by atoms with van der Waals surface area (Å²) >= 11 is 3.42. The molecule has 2 heterocycles. The lowest BCUT2D eigenvalue weighted by Gasteiger charge is -2.11. The maximum Gasteiger partial charge on any atom is 0.314 e. The number of carboxylic acids is 1. The van der Waals surface area contributed by atoms with Gasteiger partial charge in [-0.3, -0.25) is 9.48 Å². The molecule has 6 nitrogen and oxygen atoms in total. The van der Waals surface area contributed by atoms with Gasteiger partial charge in [0, 0.05) is 17.3 Å². The Morgan fingerprint density at radius 1 is 1.10 bits per heavy atom. The van der Waals surface area contributed by atoms with Crippen LogP contribution in [-0.2, 0) is 16.8 Å². The van der Waals surface area contributed by atoms with Crippen molar-refractivity contribution in [1.82, 2.24) is 14.9 Å². The molecule has 0 unspecified atom stereocenters. The second-order valence-corrected chi connectivity index (χ2v) is 8.89. The van der Waals surface area contributed by atoms with E-state index >= 15 is 0 Å². The normalized spacial score (nSPS) is 14.5. The first-order chi connectivity index (χ1) is 15.0. The lowest BCUT2D eigenvalue weighted by atomic mass is 9.93. The van der Waals surface area contributed by atoms with Gasteiger partial charge < -0.3 is 9.63 Å². The molecule has 31 heavy (non-hydrogen) atoms. The fourth-order valence-corrected chi connectivity index (χ4v) is 4.26. The van der Waals surface area contributed by atoms with Gasteiger partial charge in [-0.1, -0.05) is 53.7 Å². The monoisotopic (exact) mass is 477 g/mol. The van der Waals surface area contributed by atoms with Crippen molar-refractivity contribution >= 4 is 21.9 Å². The summed E-state index contributed by atoms with van der Waals surface area (Å²) in [5, 5.41) is 18.0. The maximum absolute atomic E-state index is 11.5. The van der Waals surface area contributed by atoms with Gasteiger partial charge in [-0.15, -0.1) is 0 Å². The molecule has 0 saturated heterocycles. The second kappa shape index (κ2) is 7.50. The molecule has 2 aromatic carbocycles. The molecule has 1 aliphatic rings. The summed E-state index contributed by atoms with van der Waals surface area (Å²) in [6, 6.07) is 16.0. The third-order valence-corrected chi connectivity index (χ3v) is 6.39. The van der Waals surface area contributed by atoms with Gasteiger partial charge in [0.2, 0.25) is 0 Å². The molecule has 1 saturated carbocycles. The standard InChI is InChI=1S/C24H20BrN3O3/c1-15-21(14-28-13-20(25)12-26-28)22(31-27-15)18-4-2-16(3-5-18)17-6-8-19(9-7-17)24(10-11-24)23(29)30/h2-9,12-13H,10-11,14H2,1H3,(H,29,30).